The SMILES string of the molecule is Cc1cc(O[C@@H]2CCOC2)cc(C)c1-c1ccc(F)c2c1CC[C@H]2Cc1cc2c(cn1)[C@H](CC(=O)O)CO2. The van der Waals surface area contributed by atoms with Gasteiger partial charge >= 0.3 is 5.97 Å². The number of ether oxygens (including phenoxy) is 3. The van der Waals surface area contributed by atoms with Crippen LogP contribution in [0.5, 0.6) is 11.5 Å². The van der Waals surface area contributed by atoms with Gasteiger partial charge in [0.25, 0.3) is 0 Å². The van der Waals surface area contributed by atoms with E-state index in [0.29, 0.717) is 25.4 Å². The van der Waals surface area contributed by atoms with Crippen LogP contribution in [0.3, 0.4) is 0 Å². The maximum Gasteiger partial charge on any atom is 0.304 e. The topological polar surface area (TPSA) is 77.9 Å². The minimum atomic E-state index is -0.847. The molecule has 2 aliphatic heterocycles. The number of aliphatic carboxylic acids is 1. The predicted octanol–water partition coefficient (Wildman–Crippen LogP) is 5.90. The first-order chi connectivity index (χ1) is 18.4. The van der Waals surface area contributed by atoms with Crippen molar-refractivity contribution < 1.29 is 28.5 Å². The van der Waals surface area contributed by atoms with E-state index in [0.717, 1.165) is 76.3 Å². The lowest BCUT2D eigenvalue weighted by atomic mass is 9.88. The van der Waals surface area contributed by atoms with Crippen LogP contribution in [-0.2, 0) is 22.4 Å². The summed E-state index contributed by atoms with van der Waals surface area (Å²) in [5, 5.41) is 9.15. The fraction of sp³-hybridized carbons (Fsp3) is 0.419. The van der Waals surface area contributed by atoms with Crippen molar-refractivity contribution in [1.82, 2.24) is 4.98 Å². The molecule has 1 N–H and O–H groups in total. The molecule has 1 saturated heterocycles. The highest BCUT2D eigenvalue weighted by Gasteiger charge is 2.32. The quantitative estimate of drug-likeness (QED) is 0.421. The molecule has 0 spiro atoms. The van der Waals surface area contributed by atoms with Gasteiger partial charge in [0.1, 0.15) is 23.4 Å². The Balaban J connectivity index is 1.27. The first-order valence-electron chi connectivity index (χ1n) is 13.4. The first-order valence-corrected chi connectivity index (χ1v) is 13.4. The van der Waals surface area contributed by atoms with E-state index in [4.69, 9.17) is 19.3 Å². The second kappa shape index (κ2) is 10.0. The summed E-state index contributed by atoms with van der Waals surface area (Å²) in [4.78, 5) is 15.8. The number of aromatic nitrogens is 1. The van der Waals surface area contributed by atoms with Crippen LogP contribution < -0.4 is 9.47 Å². The molecule has 38 heavy (non-hydrogen) atoms. The van der Waals surface area contributed by atoms with E-state index in [9.17, 15) is 4.79 Å². The molecular formula is C31H32FNO5. The van der Waals surface area contributed by atoms with E-state index in [1.165, 1.54) is 0 Å². The molecule has 1 aliphatic carbocycles. The Morgan fingerprint density at radius 1 is 1.13 bits per heavy atom. The Kier molecular flexibility index (Phi) is 6.56. The van der Waals surface area contributed by atoms with Crippen molar-refractivity contribution in [2.24, 2.45) is 0 Å². The molecule has 0 amide bonds. The molecule has 3 aromatic rings. The fourth-order valence-electron chi connectivity index (χ4n) is 6.41. The van der Waals surface area contributed by atoms with Gasteiger partial charge in [-0.15, -0.1) is 0 Å². The largest absolute Gasteiger partial charge is 0.493 e. The average molecular weight is 518 g/mol. The third kappa shape index (κ3) is 4.64. The van der Waals surface area contributed by atoms with Crippen LogP contribution in [0, 0.1) is 19.7 Å². The molecule has 7 heteroatoms. The van der Waals surface area contributed by atoms with Crippen LogP contribution in [0.25, 0.3) is 11.1 Å². The summed E-state index contributed by atoms with van der Waals surface area (Å²) in [6, 6.07) is 9.58. The third-order valence-corrected chi connectivity index (χ3v) is 8.13. The molecule has 1 aromatic heterocycles. The van der Waals surface area contributed by atoms with Crippen molar-refractivity contribution in [2.75, 3.05) is 19.8 Å². The summed E-state index contributed by atoms with van der Waals surface area (Å²) < 4.78 is 32.7. The molecule has 6 rings (SSSR count). The zero-order chi connectivity index (χ0) is 26.4. The number of nitrogens with zero attached hydrogens (tertiary/aromatic N) is 1. The summed E-state index contributed by atoms with van der Waals surface area (Å²) in [5.74, 6) is 0.392. The Morgan fingerprint density at radius 3 is 2.68 bits per heavy atom. The number of halogens is 1. The fourth-order valence-corrected chi connectivity index (χ4v) is 6.41. The van der Waals surface area contributed by atoms with Crippen molar-refractivity contribution >= 4 is 5.97 Å². The van der Waals surface area contributed by atoms with Crippen molar-refractivity contribution in [1.29, 1.82) is 0 Å². The normalized spacial score (nSPS) is 21.7. The van der Waals surface area contributed by atoms with Gasteiger partial charge in [-0.05, 0) is 90.6 Å². The molecule has 0 bridgehead atoms. The van der Waals surface area contributed by atoms with Crippen LogP contribution in [0.1, 0.15) is 64.6 Å². The average Bonchev–Trinajstić information content (AvgIpc) is 3.61. The highest BCUT2D eigenvalue weighted by molar-refractivity contribution is 5.76. The van der Waals surface area contributed by atoms with Crippen LogP contribution in [-0.4, -0.2) is 42.0 Å². The standard InChI is InChI=1S/C31H32FNO5/c1-17-9-23(38-22-7-8-36-16-22)10-18(2)30(17)24-5-6-27(32)31-19(3-4-25(24)31)11-21-13-28-26(14-33-21)20(15-37-28)12-29(34)35/h5-6,9-10,13-14,19-20,22H,3-4,7-8,11-12,15-16H2,1-2H3,(H,34,35)/t19-,20+,22+/m0/s1. The number of fused-ring (bicyclic) bond motifs is 2. The second-order valence-electron chi connectivity index (χ2n) is 10.8. The molecular weight excluding hydrogens is 485 g/mol. The van der Waals surface area contributed by atoms with Crippen LogP contribution in [0.15, 0.2) is 36.5 Å². The summed E-state index contributed by atoms with van der Waals surface area (Å²) in [6.45, 7) is 5.90. The number of hydrogen-bond donors (Lipinski definition) is 1. The number of rotatable bonds is 7. The van der Waals surface area contributed by atoms with Gasteiger partial charge < -0.3 is 19.3 Å². The molecule has 3 atom stereocenters. The zero-order valence-electron chi connectivity index (χ0n) is 21.8. The van der Waals surface area contributed by atoms with E-state index in [1.54, 1.807) is 12.3 Å². The third-order valence-electron chi connectivity index (χ3n) is 8.13. The number of hydrogen-bond acceptors (Lipinski definition) is 5. The number of carboxylic acids is 1. The van der Waals surface area contributed by atoms with E-state index >= 15 is 4.39 Å². The highest BCUT2D eigenvalue weighted by Crippen LogP contribution is 2.45. The van der Waals surface area contributed by atoms with E-state index in [-0.39, 0.29) is 30.2 Å². The molecule has 0 radical (unpaired) electrons. The molecule has 198 valence electrons. The van der Waals surface area contributed by atoms with Gasteiger partial charge in [0.05, 0.1) is 26.2 Å². The number of aryl methyl sites for hydroxylation is 2. The van der Waals surface area contributed by atoms with Gasteiger partial charge in [0.15, 0.2) is 0 Å². The summed E-state index contributed by atoms with van der Waals surface area (Å²) in [7, 11) is 0. The van der Waals surface area contributed by atoms with Crippen LogP contribution in [0.4, 0.5) is 4.39 Å². The minimum absolute atomic E-state index is 0.0253. The van der Waals surface area contributed by atoms with Crippen LogP contribution in [0.2, 0.25) is 0 Å². The lowest BCUT2D eigenvalue weighted by Gasteiger charge is -2.19. The molecule has 2 aromatic carbocycles. The van der Waals surface area contributed by atoms with Gasteiger partial charge in [-0.2, -0.15) is 0 Å². The molecule has 3 aliphatic rings. The minimum Gasteiger partial charge on any atom is -0.493 e. The molecule has 3 heterocycles. The molecule has 0 unspecified atom stereocenters. The maximum absolute atomic E-state index is 15.3. The number of carbonyl (C=O) groups is 1. The Labute approximate surface area is 221 Å². The lowest BCUT2D eigenvalue weighted by molar-refractivity contribution is -0.137. The number of benzene rings is 2. The zero-order valence-corrected chi connectivity index (χ0v) is 21.8. The number of carboxylic acid groups (broad SMARTS) is 1. The maximum atomic E-state index is 15.3. The van der Waals surface area contributed by atoms with Crippen molar-refractivity contribution in [3.05, 3.63) is 75.9 Å². The van der Waals surface area contributed by atoms with Crippen molar-refractivity contribution in [2.45, 2.75) is 63.9 Å². The van der Waals surface area contributed by atoms with E-state index < -0.39 is 5.97 Å². The van der Waals surface area contributed by atoms with Gasteiger partial charge in [-0.1, -0.05) is 6.07 Å². The van der Waals surface area contributed by atoms with Gasteiger partial charge in [0, 0.05) is 35.9 Å². The van der Waals surface area contributed by atoms with Gasteiger partial charge in [-0.25, -0.2) is 4.39 Å². The molecule has 0 saturated carbocycles. The summed E-state index contributed by atoms with van der Waals surface area (Å²) >= 11 is 0. The monoisotopic (exact) mass is 517 g/mol. The second-order valence-corrected chi connectivity index (χ2v) is 10.8. The predicted molar refractivity (Wildman–Crippen MR) is 141 cm³/mol. The van der Waals surface area contributed by atoms with Crippen molar-refractivity contribution in [3.63, 3.8) is 0 Å². The van der Waals surface area contributed by atoms with E-state index in [1.807, 2.05) is 12.1 Å². The van der Waals surface area contributed by atoms with Crippen LogP contribution >= 0.6 is 0 Å². The van der Waals surface area contributed by atoms with E-state index in [2.05, 4.69) is 31.0 Å². The molecule has 1 fully saturated rings. The van der Waals surface area contributed by atoms with Crippen molar-refractivity contribution in [3.8, 4) is 22.6 Å². The molecule has 6 nitrogen and oxygen atoms in total. The first kappa shape index (κ1) is 24.9. The highest BCUT2D eigenvalue weighted by atomic mass is 19.1. The van der Waals surface area contributed by atoms with Gasteiger partial charge in [-0.3, -0.25) is 9.78 Å². The number of pyridine rings is 1. The Bertz CT molecular complexity index is 1370. The summed E-state index contributed by atoms with van der Waals surface area (Å²) in [6.07, 6.45) is 5.04. The summed E-state index contributed by atoms with van der Waals surface area (Å²) in [5.41, 5.74) is 8.02. The van der Waals surface area contributed by atoms with Gasteiger partial charge in [0.2, 0.25) is 0 Å². The Hall–Kier alpha value is -3.45. The smallest absolute Gasteiger partial charge is 0.304 e. The lowest BCUT2D eigenvalue weighted by Crippen LogP contribution is -2.15. The Morgan fingerprint density at radius 2 is 1.95 bits per heavy atom.